The molecule has 0 aromatic rings. The molecule has 0 aromatic heterocycles. The number of nitrogens with zero attached hydrogens (tertiary/aromatic N) is 1. The lowest BCUT2D eigenvalue weighted by Crippen LogP contribution is -2.43. The Balaban J connectivity index is 3.94. The lowest BCUT2D eigenvalue weighted by molar-refractivity contribution is -0.134. The van der Waals surface area contributed by atoms with Gasteiger partial charge in [-0.15, -0.1) is 0 Å². The van der Waals surface area contributed by atoms with Gasteiger partial charge in [-0.1, -0.05) is 20.8 Å². The minimum Gasteiger partial charge on any atom is -0.347 e. The highest BCUT2D eigenvalue weighted by Gasteiger charge is 2.21. The molecule has 0 aliphatic heterocycles. The Bertz CT molecular complexity index is 246. The molecule has 16 heavy (non-hydrogen) atoms. The Morgan fingerprint density at radius 3 is 2.25 bits per heavy atom. The van der Waals surface area contributed by atoms with Gasteiger partial charge in [0, 0.05) is 25.6 Å². The first-order chi connectivity index (χ1) is 7.29. The van der Waals surface area contributed by atoms with Gasteiger partial charge in [0.15, 0.2) is 0 Å². The van der Waals surface area contributed by atoms with Crippen molar-refractivity contribution in [2.24, 2.45) is 5.41 Å². The molecule has 0 fully saturated rings. The van der Waals surface area contributed by atoms with E-state index in [4.69, 9.17) is 0 Å². The van der Waals surface area contributed by atoms with Crippen molar-refractivity contribution < 1.29 is 9.59 Å². The van der Waals surface area contributed by atoms with E-state index in [1.807, 2.05) is 27.8 Å². The SMILES string of the molecule is CNCCN(C)C(=O)CNC(=O)C(C)(C)C. The lowest BCUT2D eigenvalue weighted by atomic mass is 9.96. The van der Waals surface area contributed by atoms with Gasteiger partial charge in [-0.25, -0.2) is 0 Å². The summed E-state index contributed by atoms with van der Waals surface area (Å²) < 4.78 is 0. The third-order valence-electron chi connectivity index (χ3n) is 2.20. The Kier molecular flexibility index (Phi) is 6.03. The molecule has 0 radical (unpaired) electrons. The molecular formula is C11H23N3O2. The molecule has 2 amide bonds. The number of hydrogen-bond acceptors (Lipinski definition) is 3. The van der Waals surface area contributed by atoms with E-state index in [1.54, 1.807) is 11.9 Å². The molecule has 0 rings (SSSR count). The molecule has 0 atom stereocenters. The summed E-state index contributed by atoms with van der Waals surface area (Å²) >= 11 is 0. The largest absolute Gasteiger partial charge is 0.347 e. The molecule has 2 N–H and O–H groups in total. The van der Waals surface area contributed by atoms with Crippen molar-refractivity contribution in [1.29, 1.82) is 0 Å². The monoisotopic (exact) mass is 229 g/mol. The number of carbonyl (C=O) groups excluding carboxylic acids is 2. The van der Waals surface area contributed by atoms with Gasteiger partial charge >= 0.3 is 0 Å². The second-order valence-electron chi connectivity index (χ2n) is 4.85. The number of carbonyl (C=O) groups is 2. The minimum absolute atomic E-state index is 0.0658. The molecule has 5 heteroatoms. The van der Waals surface area contributed by atoms with Crippen molar-refractivity contribution in [1.82, 2.24) is 15.5 Å². The van der Waals surface area contributed by atoms with E-state index in [9.17, 15) is 9.59 Å². The highest BCUT2D eigenvalue weighted by atomic mass is 16.2. The molecule has 94 valence electrons. The van der Waals surface area contributed by atoms with Crippen LogP contribution in [0.5, 0.6) is 0 Å². The molecule has 0 saturated carbocycles. The van der Waals surface area contributed by atoms with Crippen LogP contribution in [0.3, 0.4) is 0 Å². The highest BCUT2D eigenvalue weighted by Crippen LogP contribution is 2.11. The molecule has 0 heterocycles. The first kappa shape index (κ1) is 14.9. The number of amides is 2. The summed E-state index contributed by atoms with van der Waals surface area (Å²) in [7, 11) is 3.56. The van der Waals surface area contributed by atoms with E-state index >= 15 is 0 Å². The second kappa shape index (κ2) is 6.48. The molecule has 0 aliphatic rings. The van der Waals surface area contributed by atoms with Gasteiger partial charge < -0.3 is 15.5 Å². The Morgan fingerprint density at radius 1 is 1.25 bits per heavy atom. The van der Waals surface area contributed by atoms with E-state index in [0.29, 0.717) is 6.54 Å². The van der Waals surface area contributed by atoms with Crippen LogP contribution in [0.1, 0.15) is 20.8 Å². The number of rotatable bonds is 5. The molecule has 5 nitrogen and oxygen atoms in total. The maximum atomic E-state index is 11.6. The van der Waals surface area contributed by atoms with Crippen LogP contribution < -0.4 is 10.6 Å². The van der Waals surface area contributed by atoms with Gasteiger partial charge in [-0.05, 0) is 7.05 Å². The third-order valence-corrected chi connectivity index (χ3v) is 2.20. The predicted molar refractivity (Wildman–Crippen MR) is 64.0 cm³/mol. The van der Waals surface area contributed by atoms with Crippen molar-refractivity contribution >= 4 is 11.8 Å². The van der Waals surface area contributed by atoms with Crippen LogP contribution in [0.15, 0.2) is 0 Å². The van der Waals surface area contributed by atoms with Crippen LogP contribution in [0.4, 0.5) is 0 Å². The zero-order valence-electron chi connectivity index (χ0n) is 10.9. The normalized spacial score (nSPS) is 11.1. The maximum Gasteiger partial charge on any atom is 0.241 e. The number of hydrogen-bond donors (Lipinski definition) is 2. The molecule has 0 unspecified atom stereocenters. The van der Waals surface area contributed by atoms with Gasteiger partial charge in [0.1, 0.15) is 0 Å². The first-order valence-electron chi connectivity index (χ1n) is 5.46. The Hall–Kier alpha value is -1.10. The quantitative estimate of drug-likeness (QED) is 0.688. The Morgan fingerprint density at radius 2 is 1.81 bits per heavy atom. The van der Waals surface area contributed by atoms with Crippen LogP contribution in [0.2, 0.25) is 0 Å². The first-order valence-corrected chi connectivity index (χ1v) is 5.46. The summed E-state index contributed by atoms with van der Waals surface area (Å²) in [5, 5.41) is 5.59. The fourth-order valence-corrected chi connectivity index (χ4v) is 0.960. The summed E-state index contributed by atoms with van der Waals surface area (Å²) in [6.45, 7) is 6.90. The van der Waals surface area contributed by atoms with E-state index in [0.717, 1.165) is 6.54 Å². The topological polar surface area (TPSA) is 61.4 Å². The zero-order valence-corrected chi connectivity index (χ0v) is 10.9. The van der Waals surface area contributed by atoms with Crippen LogP contribution in [-0.4, -0.2) is 50.4 Å². The molecule has 0 spiro atoms. The van der Waals surface area contributed by atoms with Gasteiger partial charge in [0.05, 0.1) is 6.54 Å². The van der Waals surface area contributed by atoms with E-state index in [2.05, 4.69) is 10.6 Å². The van der Waals surface area contributed by atoms with Crippen molar-refractivity contribution in [2.45, 2.75) is 20.8 Å². The summed E-state index contributed by atoms with van der Waals surface area (Å²) in [5.41, 5.74) is -0.455. The third kappa shape index (κ3) is 5.70. The van der Waals surface area contributed by atoms with Crippen molar-refractivity contribution in [2.75, 3.05) is 33.7 Å². The fraction of sp³-hybridized carbons (Fsp3) is 0.818. The lowest BCUT2D eigenvalue weighted by Gasteiger charge is -2.20. The van der Waals surface area contributed by atoms with Crippen LogP contribution in [0, 0.1) is 5.41 Å². The Labute approximate surface area is 97.6 Å². The average molecular weight is 229 g/mol. The molecule has 0 aromatic carbocycles. The molecular weight excluding hydrogens is 206 g/mol. The van der Waals surface area contributed by atoms with E-state index in [1.165, 1.54) is 0 Å². The standard InChI is InChI=1S/C11H23N3O2/c1-11(2,3)10(16)13-8-9(15)14(5)7-6-12-4/h12H,6-8H2,1-5H3,(H,13,16). The summed E-state index contributed by atoms with van der Waals surface area (Å²) in [6, 6.07) is 0. The van der Waals surface area contributed by atoms with Gasteiger partial charge in [-0.3, -0.25) is 9.59 Å². The van der Waals surface area contributed by atoms with Crippen LogP contribution in [0.25, 0.3) is 0 Å². The highest BCUT2D eigenvalue weighted by molar-refractivity contribution is 5.87. The van der Waals surface area contributed by atoms with Crippen molar-refractivity contribution in [3.8, 4) is 0 Å². The molecule has 0 aliphatic carbocycles. The minimum atomic E-state index is -0.455. The summed E-state index contributed by atoms with van der Waals surface area (Å²) in [5.74, 6) is -0.185. The van der Waals surface area contributed by atoms with E-state index in [-0.39, 0.29) is 18.4 Å². The van der Waals surface area contributed by atoms with Crippen LogP contribution in [-0.2, 0) is 9.59 Å². The van der Waals surface area contributed by atoms with Gasteiger partial charge in [0.2, 0.25) is 11.8 Å². The van der Waals surface area contributed by atoms with Gasteiger partial charge in [-0.2, -0.15) is 0 Å². The fourth-order valence-electron chi connectivity index (χ4n) is 0.960. The smallest absolute Gasteiger partial charge is 0.241 e. The predicted octanol–water partition coefficient (Wildman–Crippen LogP) is -0.173. The molecule has 0 saturated heterocycles. The van der Waals surface area contributed by atoms with Gasteiger partial charge in [0.25, 0.3) is 0 Å². The average Bonchev–Trinajstić information content (AvgIpc) is 2.20. The molecule has 0 bridgehead atoms. The van der Waals surface area contributed by atoms with Crippen molar-refractivity contribution in [3.63, 3.8) is 0 Å². The number of likely N-dealkylation sites (N-methyl/N-ethyl adjacent to an activating group) is 2. The summed E-state index contributed by atoms with van der Waals surface area (Å²) in [6.07, 6.45) is 0. The number of nitrogens with one attached hydrogen (secondary N) is 2. The maximum absolute atomic E-state index is 11.6. The zero-order chi connectivity index (χ0) is 12.8. The van der Waals surface area contributed by atoms with Crippen LogP contribution >= 0.6 is 0 Å². The van der Waals surface area contributed by atoms with Crippen molar-refractivity contribution in [3.05, 3.63) is 0 Å². The van der Waals surface area contributed by atoms with E-state index < -0.39 is 5.41 Å². The second-order valence-corrected chi connectivity index (χ2v) is 4.85. The summed E-state index contributed by atoms with van der Waals surface area (Å²) in [4.78, 5) is 24.7.